The number of hydrogen-bond donors (Lipinski definition) is 0. The van der Waals surface area contributed by atoms with Gasteiger partial charge in [-0.05, 0) is 84.3 Å². The highest BCUT2D eigenvalue weighted by Gasteiger charge is 2.46. The van der Waals surface area contributed by atoms with Crippen molar-refractivity contribution in [3.63, 3.8) is 0 Å². The molecule has 250 valence electrons. The van der Waals surface area contributed by atoms with E-state index in [-0.39, 0.29) is 10.8 Å². The summed E-state index contributed by atoms with van der Waals surface area (Å²) in [5, 5.41) is 2.25. The van der Waals surface area contributed by atoms with Gasteiger partial charge in [-0.1, -0.05) is 173 Å². The predicted octanol–water partition coefficient (Wildman–Crippen LogP) is 12.6. The van der Waals surface area contributed by atoms with E-state index in [9.17, 15) is 0 Å². The average molecular weight is 670 g/mol. The maximum absolute atomic E-state index is 5.17. The van der Waals surface area contributed by atoms with Gasteiger partial charge in [-0.15, -0.1) is 0 Å². The Labute approximate surface area is 305 Å². The van der Waals surface area contributed by atoms with Crippen molar-refractivity contribution in [3.8, 4) is 67.5 Å². The van der Waals surface area contributed by atoms with Crippen LogP contribution in [-0.4, -0.2) is 15.0 Å². The van der Waals surface area contributed by atoms with E-state index in [4.69, 9.17) is 15.0 Å². The lowest BCUT2D eigenvalue weighted by Gasteiger charge is -2.49. The maximum atomic E-state index is 5.17. The van der Waals surface area contributed by atoms with Gasteiger partial charge in [0.2, 0.25) is 0 Å². The minimum atomic E-state index is -0.135. The van der Waals surface area contributed by atoms with Crippen LogP contribution in [0.2, 0.25) is 0 Å². The molecule has 0 amide bonds. The van der Waals surface area contributed by atoms with E-state index in [0.29, 0.717) is 17.5 Å². The Balaban J connectivity index is 1.29. The highest BCUT2D eigenvalue weighted by atomic mass is 15.0. The Kier molecular flexibility index (Phi) is 7.48. The van der Waals surface area contributed by atoms with Crippen molar-refractivity contribution in [1.82, 2.24) is 15.0 Å². The van der Waals surface area contributed by atoms with Gasteiger partial charge in [0.1, 0.15) is 0 Å². The fraction of sp³-hybridized carbons (Fsp3) is 0.122. The number of rotatable bonds is 5. The molecule has 9 rings (SSSR count). The van der Waals surface area contributed by atoms with Gasteiger partial charge in [0.15, 0.2) is 17.5 Å². The van der Waals surface area contributed by atoms with Crippen LogP contribution in [0, 0.1) is 0 Å². The molecule has 0 spiro atoms. The molecular weight excluding hydrogens is 631 g/mol. The molecule has 0 N–H and O–H groups in total. The fourth-order valence-corrected chi connectivity index (χ4v) is 7.95. The lowest BCUT2D eigenvalue weighted by molar-refractivity contribution is 0.299. The first-order valence-electron chi connectivity index (χ1n) is 18.0. The Bertz CT molecular complexity index is 2550. The number of aromatic nitrogens is 3. The molecule has 8 aromatic rings. The van der Waals surface area contributed by atoms with Crippen molar-refractivity contribution in [2.75, 3.05) is 0 Å². The van der Waals surface area contributed by atoms with E-state index in [1.807, 2.05) is 36.4 Å². The number of benzene rings is 7. The largest absolute Gasteiger partial charge is 0.208 e. The lowest BCUT2D eigenvalue weighted by Crippen LogP contribution is -2.43. The predicted molar refractivity (Wildman–Crippen MR) is 216 cm³/mol. The molecule has 1 aromatic heterocycles. The summed E-state index contributed by atoms with van der Waals surface area (Å²) >= 11 is 0. The minimum Gasteiger partial charge on any atom is -0.208 e. The second kappa shape index (κ2) is 12.2. The van der Waals surface area contributed by atoms with Gasteiger partial charge in [-0.25, -0.2) is 15.0 Å². The van der Waals surface area contributed by atoms with Gasteiger partial charge in [0, 0.05) is 16.7 Å². The van der Waals surface area contributed by atoms with Crippen molar-refractivity contribution >= 4 is 10.8 Å². The molecule has 0 atom stereocenters. The zero-order valence-electron chi connectivity index (χ0n) is 29.9. The van der Waals surface area contributed by atoms with Gasteiger partial charge >= 0.3 is 0 Å². The molecule has 0 saturated heterocycles. The van der Waals surface area contributed by atoms with Gasteiger partial charge in [0.25, 0.3) is 0 Å². The van der Waals surface area contributed by atoms with Crippen LogP contribution in [0.15, 0.2) is 164 Å². The van der Waals surface area contributed by atoms with Gasteiger partial charge in [0.05, 0.1) is 0 Å². The normalized spacial score (nSPS) is 14.1. The fourth-order valence-electron chi connectivity index (χ4n) is 7.95. The molecule has 1 heterocycles. The van der Waals surface area contributed by atoms with Crippen molar-refractivity contribution < 1.29 is 0 Å². The van der Waals surface area contributed by atoms with E-state index < -0.39 is 0 Å². The summed E-state index contributed by atoms with van der Waals surface area (Å²) < 4.78 is 0. The molecule has 52 heavy (non-hydrogen) atoms. The Morgan fingerprint density at radius 3 is 1.56 bits per heavy atom. The lowest BCUT2D eigenvalue weighted by atomic mass is 9.54. The van der Waals surface area contributed by atoms with Crippen LogP contribution in [-0.2, 0) is 10.8 Å². The zero-order valence-corrected chi connectivity index (χ0v) is 29.9. The first kappa shape index (κ1) is 31.8. The number of nitrogens with zero attached hydrogens (tertiary/aromatic N) is 3. The zero-order chi connectivity index (χ0) is 35.5. The average Bonchev–Trinajstić information content (AvgIpc) is 3.20. The third kappa shape index (κ3) is 5.15. The molecule has 3 nitrogen and oxygen atoms in total. The molecule has 0 saturated carbocycles. The Hall–Kier alpha value is -6.19. The molecule has 0 bridgehead atoms. The molecule has 0 aliphatic heterocycles. The minimum absolute atomic E-state index is 0.111. The summed E-state index contributed by atoms with van der Waals surface area (Å²) in [6.45, 7) is 9.61. The van der Waals surface area contributed by atoms with Crippen LogP contribution in [0.1, 0.15) is 38.8 Å². The summed E-state index contributed by atoms with van der Waals surface area (Å²) in [6, 6.07) is 58.2. The SMILES string of the molecule is CC1(C)c2cc(-c3ccccc3)ccc2-c2c(-c3cc(-c4nc(-c5ccccc5)nc(-c5ccccc5)n4)c4ccccc4c3)cccc2C1(C)C. The molecular formula is C49H39N3. The molecule has 0 radical (unpaired) electrons. The van der Waals surface area contributed by atoms with Gasteiger partial charge in [-0.2, -0.15) is 0 Å². The topological polar surface area (TPSA) is 38.7 Å². The standard InChI is InChI=1S/C49H39N3/c1-48(2)42-26-16-25-39(44(42)40-28-27-35(31-43(40)49(48,3)4)32-17-8-5-9-18-32)37-29-36-23-14-15-24-38(36)41(30-37)47-51-45(33-19-10-6-11-20-33)50-46(52-47)34-21-12-7-13-22-34/h5-31H,1-4H3. The molecule has 0 unspecified atom stereocenters. The quantitative estimate of drug-likeness (QED) is 0.183. The van der Waals surface area contributed by atoms with Gasteiger partial charge in [-0.3, -0.25) is 0 Å². The molecule has 3 heteroatoms. The van der Waals surface area contributed by atoms with Gasteiger partial charge < -0.3 is 0 Å². The molecule has 1 aliphatic carbocycles. The van der Waals surface area contributed by atoms with Crippen LogP contribution in [0.3, 0.4) is 0 Å². The van der Waals surface area contributed by atoms with Crippen molar-refractivity contribution in [2.24, 2.45) is 0 Å². The third-order valence-corrected chi connectivity index (χ3v) is 11.5. The first-order valence-corrected chi connectivity index (χ1v) is 18.0. The van der Waals surface area contributed by atoms with E-state index in [1.165, 1.54) is 38.9 Å². The van der Waals surface area contributed by atoms with Crippen LogP contribution < -0.4 is 0 Å². The summed E-state index contributed by atoms with van der Waals surface area (Å²) in [6.07, 6.45) is 0. The van der Waals surface area contributed by atoms with Crippen molar-refractivity contribution in [2.45, 2.75) is 38.5 Å². The van der Waals surface area contributed by atoms with Crippen LogP contribution >= 0.6 is 0 Å². The van der Waals surface area contributed by atoms with Crippen LogP contribution in [0.4, 0.5) is 0 Å². The Morgan fingerprint density at radius 2 is 0.904 bits per heavy atom. The summed E-state index contributed by atoms with van der Waals surface area (Å²) in [5.41, 5.74) is 12.8. The number of fused-ring (bicyclic) bond motifs is 4. The molecule has 0 fully saturated rings. The van der Waals surface area contributed by atoms with E-state index in [2.05, 4.69) is 155 Å². The van der Waals surface area contributed by atoms with E-state index in [1.54, 1.807) is 0 Å². The first-order chi connectivity index (χ1) is 25.3. The Morgan fingerprint density at radius 1 is 0.346 bits per heavy atom. The third-order valence-electron chi connectivity index (χ3n) is 11.5. The van der Waals surface area contributed by atoms with Crippen LogP contribution in [0.5, 0.6) is 0 Å². The summed E-state index contributed by atoms with van der Waals surface area (Å²) in [5.74, 6) is 1.97. The summed E-state index contributed by atoms with van der Waals surface area (Å²) in [7, 11) is 0. The monoisotopic (exact) mass is 669 g/mol. The van der Waals surface area contributed by atoms with E-state index in [0.717, 1.165) is 33.0 Å². The maximum Gasteiger partial charge on any atom is 0.164 e. The van der Waals surface area contributed by atoms with Crippen molar-refractivity contribution in [3.05, 3.63) is 175 Å². The second-order valence-corrected chi connectivity index (χ2v) is 14.9. The molecule has 1 aliphatic rings. The summed E-state index contributed by atoms with van der Waals surface area (Å²) in [4.78, 5) is 15.3. The van der Waals surface area contributed by atoms with Crippen molar-refractivity contribution in [1.29, 1.82) is 0 Å². The highest BCUT2D eigenvalue weighted by Crippen LogP contribution is 2.56. The highest BCUT2D eigenvalue weighted by molar-refractivity contribution is 6.01. The van der Waals surface area contributed by atoms with E-state index >= 15 is 0 Å². The second-order valence-electron chi connectivity index (χ2n) is 14.9. The smallest absolute Gasteiger partial charge is 0.164 e. The molecule has 7 aromatic carbocycles. The number of hydrogen-bond acceptors (Lipinski definition) is 3. The van der Waals surface area contributed by atoms with Crippen LogP contribution in [0.25, 0.3) is 78.3 Å².